The first-order valence-corrected chi connectivity index (χ1v) is 9.01. The molecule has 1 N–H and O–H groups in total. The summed E-state index contributed by atoms with van der Waals surface area (Å²) in [5, 5.41) is 2.61. The molecule has 0 bridgehead atoms. The molecule has 1 aliphatic heterocycles. The molecule has 0 saturated heterocycles. The lowest BCUT2D eigenvalue weighted by Gasteiger charge is -2.18. The van der Waals surface area contributed by atoms with Crippen LogP contribution in [0.15, 0.2) is 54.6 Å². The van der Waals surface area contributed by atoms with E-state index in [0.29, 0.717) is 12.2 Å². The molecule has 0 saturated carbocycles. The van der Waals surface area contributed by atoms with Crippen LogP contribution in [0.3, 0.4) is 0 Å². The van der Waals surface area contributed by atoms with Crippen molar-refractivity contribution in [3.05, 3.63) is 77.1 Å². The zero-order valence-electron chi connectivity index (χ0n) is 15.5. The van der Waals surface area contributed by atoms with Gasteiger partial charge in [0.1, 0.15) is 5.69 Å². The first-order chi connectivity index (χ1) is 13.8. The Labute approximate surface area is 165 Å². The first-order valence-electron chi connectivity index (χ1n) is 9.01. The van der Waals surface area contributed by atoms with Gasteiger partial charge in [0.2, 0.25) is 5.95 Å². The molecule has 8 heteroatoms. The van der Waals surface area contributed by atoms with Crippen LogP contribution in [-0.2, 0) is 12.6 Å². The fourth-order valence-corrected chi connectivity index (χ4v) is 3.38. The van der Waals surface area contributed by atoms with Crippen LogP contribution in [0.4, 0.5) is 30.5 Å². The maximum Gasteiger partial charge on any atom is 0.418 e. The third-order valence-electron chi connectivity index (χ3n) is 4.68. The topological polar surface area (TPSA) is 58.1 Å². The second-order valence-electron chi connectivity index (χ2n) is 6.72. The molecule has 1 aromatic heterocycles. The second-order valence-corrected chi connectivity index (χ2v) is 6.72. The van der Waals surface area contributed by atoms with E-state index in [4.69, 9.17) is 0 Å². The van der Waals surface area contributed by atoms with Crippen molar-refractivity contribution in [2.24, 2.45) is 0 Å². The molecular weight excluding hydrogens is 381 g/mol. The number of anilines is 3. The summed E-state index contributed by atoms with van der Waals surface area (Å²) in [4.78, 5) is 23.0. The van der Waals surface area contributed by atoms with Crippen molar-refractivity contribution in [2.45, 2.75) is 19.5 Å². The number of para-hydroxylation sites is 2. The minimum absolute atomic E-state index is 0.0578. The molecule has 0 unspecified atom stereocenters. The number of carbonyl (C=O) groups is 1. The van der Waals surface area contributed by atoms with Crippen molar-refractivity contribution in [3.63, 3.8) is 0 Å². The van der Waals surface area contributed by atoms with Crippen LogP contribution in [0.1, 0.15) is 27.3 Å². The van der Waals surface area contributed by atoms with Crippen molar-refractivity contribution in [1.29, 1.82) is 0 Å². The van der Waals surface area contributed by atoms with Crippen molar-refractivity contribution in [2.75, 3.05) is 16.8 Å². The normalized spacial score (nSPS) is 13.3. The quantitative estimate of drug-likeness (QED) is 0.692. The molecule has 5 nitrogen and oxygen atoms in total. The summed E-state index contributed by atoms with van der Waals surface area (Å²) in [5.41, 5.74) is 1.50. The maximum atomic E-state index is 13.2. The van der Waals surface area contributed by atoms with Gasteiger partial charge < -0.3 is 10.2 Å². The van der Waals surface area contributed by atoms with Crippen molar-refractivity contribution in [1.82, 2.24) is 9.97 Å². The van der Waals surface area contributed by atoms with Crippen molar-refractivity contribution in [3.8, 4) is 0 Å². The van der Waals surface area contributed by atoms with Gasteiger partial charge in [0, 0.05) is 17.9 Å². The monoisotopic (exact) mass is 398 g/mol. The fraction of sp³-hybridized carbons (Fsp3) is 0.190. The van der Waals surface area contributed by atoms with Crippen molar-refractivity contribution >= 4 is 23.2 Å². The molecule has 0 spiro atoms. The fourth-order valence-electron chi connectivity index (χ4n) is 3.38. The summed E-state index contributed by atoms with van der Waals surface area (Å²) >= 11 is 0. The minimum Gasteiger partial charge on any atom is -0.324 e. The van der Waals surface area contributed by atoms with E-state index < -0.39 is 11.7 Å². The van der Waals surface area contributed by atoms with Gasteiger partial charge in [-0.2, -0.15) is 13.2 Å². The van der Waals surface area contributed by atoms with E-state index >= 15 is 0 Å². The summed E-state index contributed by atoms with van der Waals surface area (Å²) in [6.07, 6.45) is -3.78. The number of amides is 1. The van der Waals surface area contributed by atoms with Crippen molar-refractivity contribution < 1.29 is 18.0 Å². The Morgan fingerprint density at radius 1 is 1.07 bits per heavy atom. The number of hydrogen-bond acceptors (Lipinski definition) is 4. The zero-order chi connectivity index (χ0) is 20.6. The summed E-state index contributed by atoms with van der Waals surface area (Å²) < 4.78 is 39.7. The van der Waals surface area contributed by atoms with E-state index in [1.54, 1.807) is 11.8 Å². The largest absolute Gasteiger partial charge is 0.418 e. The van der Waals surface area contributed by atoms with Gasteiger partial charge in [-0.3, -0.25) is 4.79 Å². The number of hydrogen-bond donors (Lipinski definition) is 1. The van der Waals surface area contributed by atoms with Crippen LogP contribution in [-0.4, -0.2) is 22.4 Å². The molecule has 1 aliphatic rings. The Morgan fingerprint density at radius 3 is 2.59 bits per heavy atom. The van der Waals surface area contributed by atoms with Gasteiger partial charge in [-0.25, -0.2) is 9.97 Å². The number of rotatable bonds is 3. The molecule has 0 radical (unpaired) electrons. The Morgan fingerprint density at radius 2 is 1.79 bits per heavy atom. The number of benzene rings is 2. The van der Waals surface area contributed by atoms with Gasteiger partial charge in [0.25, 0.3) is 5.91 Å². The number of aromatic nitrogens is 2. The lowest BCUT2D eigenvalue weighted by atomic mass is 10.1. The second kappa shape index (κ2) is 7.20. The molecule has 0 atom stereocenters. The van der Waals surface area contributed by atoms with Gasteiger partial charge >= 0.3 is 6.18 Å². The van der Waals surface area contributed by atoms with Crippen LogP contribution < -0.4 is 10.2 Å². The van der Waals surface area contributed by atoms with E-state index in [9.17, 15) is 18.0 Å². The highest BCUT2D eigenvalue weighted by atomic mass is 19.4. The van der Waals surface area contributed by atoms with Gasteiger partial charge in [-0.05, 0) is 43.2 Å². The molecule has 1 amide bonds. The highest BCUT2D eigenvalue weighted by Gasteiger charge is 2.33. The molecule has 2 heterocycles. The van der Waals surface area contributed by atoms with E-state index in [1.165, 1.54) is 24.3 Å². The lowest BCUT2D eigenvalue weighted by molar-refractivity contribution is -0.136. The van der Waals surface area contributed by atoms with Crippen LogP contribution in [0.5, 0.6) is 0 Å². The van der Waals surface area contributed by atoms with Crippen LogP contribution >= 0.6 is 0 Å². The molecule has 0 aliphatic carbocycles. The number of nitrogens with zero attached hydrogens (tertiary/aromatic N) is 3. The molecule has 3 aromatic rings. The van der Waals surface area contributed by atoms with Crippen LogP contribution in [0, 0.1) is 6.92 Å². The highest BCUT2D eigenvalue weighted by Crippen LogP contribution is 2.35. The molecule has 148 valence electrons. The third kappa shape index (κ3) is 3.78. The molecular formula is C21H17F3N4O. The number of halogens is 3. The molecule has 0 fully saturated rings. The predicted molar refractivity (Wildman–Crippen MR) is 103 cm³/mol. The predicted octanol–water partition coefficient (Wildman–Crippen LogP) is 4.75. The number of aryl methyl sites for hydroxylation is 1. The van der Waals surface area contributed by atoms with Crippen LogP contribution in [0.25, 0.3) is 0 Å². The number of alkyl halides is 3. The number of nitrogens with one attached hydrogen (secondary N) is 1. The van der Waals surface area contributed by atoms with Gasteiger partial charge in [0.15, 0.2) is 0 Å². The van der Waals surface area contributed by atoms with Gasteiger partial charge in [-0.15, -0.1) is 0 Å². The molecule has 2 aromatic carbocycles. The van der Waals surface area contributed by atoms with E-state index in [0.717, 1.165) is 23.7 Å². The summed E-state index contributed by atoms with van der Waals surface area (Å²) in [6, 6.07) is 14.2. The summed E-state index contributed by atoms with van der Waals surface area (Å²) in [7, 11) is 0. The Balaban J connectivity index is 1.65. The number of carbonyl (C=O) groups excluding carboxylic acids is 1. The average Bonchev–Trinajstić information content (AvgIpc) is 3.10. The first kappa shape index (κ1) is 18.9. The highest BCUT2D eigenvalue weighted by molar-refractivity contribution is 6.06. The standard InChI is InChI=1S/C21H17F3N4O/c1-13-12-17(19(29)28-11-10-14-6-2-5-9-18(14)28)27-20(25-13)26-16-8-4-3-7-15(16)21(22,23)24/h2-9,12H,10-11H2,1H3,(H,25,26,27). The van der Waals surface area contributed by atoms with Gasteiger partial charge in [-0.1, -0.05) is 30.3 Å². The number of fused-ring (bicyclic) bond motifs is 1. The third-order valence-corrected chi connectivity index (χ3v) is 4.68. The Kier molecular flexibility index (Phi) is 4.70. The van der Waals surface area contributed by atoms with E-state index in [2.05, 4.69) is 15.3 Å². The Bertz CT molecular complexity index is 1080. The van der Waals surface area contributed by atoms with Gasteiger partial charge in [0.05, 0.1) is 11.3 Å². The summed E-state index contributed by atoms with van der Waals surface area (Å²) in [6.45, 7) is 2.19. The van der Waals surface area contributed by atoms with Crippen LogP contribution in [0.2, 0.25) is 0 Å². The minimum atomic E-state index is -4.52. The molecule has 29 heavy (non-hydrogen) atoms. The van der Waals surface area contributed by atoms with E-state index in [1.807, 2.05) is 24.3 Å². The summed E-state index contributed by atoms with van der Waals surface area (Å²) in [5.74, 6) is -0.370. The maximum absolute atomic E-state index is 13.2. The Hall–Kier alpha value is -3.42. The molecule has 4 rings (SSSR count). The smallest absolute Gasteiger partial charge is 0.324 e. The SMILES string of the molecule is Cc1cc(C(=O)N2CCc3ccccc32)nc(Nc2ccccc2C(F)(F)F)n1. The average molecular weight is 398 g/mol. The zero-order valence-corrected chi connectivity index (χ0v) is 15.5. The lowest BCUT2D eigenvalue weighted by Crippen LogP contribution is -2.30. The van der Waals surface area contributed by atoms with E-state index in [-0.39, 0.29) is 23.2 Å².